The quantitative estimate of drug-likeness (QED) is 0.678. The third kappa shape index (κ3) is 3.94. The number of carbonyl (C=O) groups is 1. The largest absolute Gasteiger partial charge is 0.356 e. The average Bonchev–Trinajstić information content (AvgIpc) is 3.07. The van der Waals surface area contributed by atoms with Crippen LogP contribution >= 0.6 is 11.8 Å². The standard InChI is InChI=1S/C19H21N5OS/c1-4-21-17(25)12-26-19-23-22-18(15-7-9-20-10-8-15)24(19)16-6-5-13(2)14(3)11-16/h5-11H,4,12H2,1-3H3,(H,21,25). The van der Waals surface area contributed by atoms with Crippen molar-refractivity contribution in [2.75, 3.05) is 12.3 Å². The molecule has 0 atom stereocenters. The van der Waals surface area contributed by atoms with Gasteiger partial charge in [0, 0.05) is 24.5 Å². The number of carbonyl (C=O) groups excluding carboxylic acids is 1. The van der Waals surface area contributed by atoms with Gasteiger partial charge in [0.2, 0.25) is 5.91 Å². The van der Waals surface area contributed by atoms with Crippen LogP contribution < -0.4 is 5.32 Å². The summed E-state index contributed by atoms with van der Waals surface area (Å²) in [5.41, 5.74) is 4.32. The zero-order valence-electron chi connectivity index (χ0n) is 15.1. The summed E-state index contributed by atoms with van der Waals surface area (Å²) in [7, 11) is 0. The molecule has 2 aromatic heterocycles. The Morgan fingerprint density at radius 2 is 1.88 bits per heavy atom. The monoisotopic (exact) mass is 367 g/mol. The first kappa shape index (κ1) is 18.1. The number of pyridine rings is 1. The van der Waals surface area contributed by atoms with Crippen molar-refractivity contribution in [1.29, 1.82) is 0 Å². The van der Waals surface area contributed by atoms with Crippen LogP contribution in [0.3, 0.4) is 0 Å². The first-order valence-corrected chi connectivity index (χ1v) is 9.41. The molecule has 0 bridgehead atoms. The minimum Gasteiger partial charge on any atom is -0.356 e. The molecule has 0 fully saturated rings. The van der Waals surface area contributed by atoms with Crippen molar-refractivity contribution in [1.82, 2.24) is 25.1 Å². The number of aromatic nitrogens is 4. The summed E-state index contributed by atoms with van der Waals surface area (Å²) in [4.78, 5) is 15.9. The van der Waals surface area contributed by atoms with Crippen molar-refractivity contribution in [3.05, 3.63) is 53.9 Å². The molecule has 1 amide bonds. The van der Waals surface area contributed by atoms with Gasteiger partial charge in [-0.25, -0.2) is 0 Å². The molecule has 6 nitrogen and oxygen atoms in total. The van der Waals surface area contributed by atoms with Crippen LogP contribution in [0.15, 0.2) is 47.9 Å². The van der Waals surface area contributed by atoms with Gasteiger partial charge in [0.05, 0.1) is 11.4 Å². The Labute approximate surface area is 157 Å². The van der Waals surface area contributed by atoms with Gasteiger partial charge in [-0.15, -0.1) is 10.2 Å². The summed E-state index contributed by atoms with van der Waals surface area (Å²) in [5, 5.41) is 12.2. The van der Waals surface area contributed by atoms with Gasteiger partial charge in [0.1, 0.15) is 0 Å². The van der Waals surface area contributed by atoms with E-state index in [2.05, 4.69) is 46.5 Å². The van der Waals surface area contributed by atoms with E-state index >= 15 is 0 Å². The number of hydrogen-bond acceptors (Lipinski definition) is 5. The molecular weight excluding hydrogens is 346 g/mol. The Balaban J connectivity index is 2.03. The summed E-state index contributed by atoms with van der Waals surface area (Å²) in [6.45, 7) is 6.68. The Kier molecular flexibility index (Phi) is 5.68. The molecule has 0 aliphatic heterocycles. The summed E-state index contributed by atoms with van der Waals surface area (Å²) in [6, 6.07) is 10.0. The molecule has 2 heterocycles. The molecule has 0 radical (unpaired) electrons. The van der Waals surface area contributed by atoms with E-state index in [-0.39, 0.29) is 5.91 Å². The summed E-state index contributed by atoms with van der Waals surface area (Å²) in [5.74, 6) is 1.01. The van der Waals surface area contributed by atoms with Crippen molar-refractivity contribution in [3.8, 4) is 17.1 Å². The van der Waals surface area contributed by atoms with Gasteiger partial charge < -0.3 is 5.32 Å². The Hall–Kier alpha value is -2.67. The fourth-order valence-electron chi connectivity index (χ4n) is 2.53. The number of thioether (sulfide) groups is 1. The van der Waals surface area contributed by atoms with Crippen molar-refractivity contribution in [2.45, 2.75) is 25.9 Å². The van der Waals surface area contributed by atoms with E-state index in [4.69, 9.17) is 0 Å². The molecule has 0 saturated carbocycles. The maximum absolute atomic E-state index is 11.8. The second-order valence-electron chi connectivity index (χ2n) is 5.89. The van der Waals surface area contributed by atoms with E-state index in [9.17, 15) is 4.79 Å². The highest BCUT2D eigenvalue weighted by molar-refractivity contribution is 7.99. The van der Waals surface area contributed by atoms with Crippen LogP contribution in [0.5, 0.6) is 0 Å². The van der Waals surface area contributed by atoms with E-state index in [0.717, 1.165) is 17.1 Å². The molecule has 0 spiro atoms. The molecule has 0 aliphatic rings. The van der Waals surface area contributed by atoms with Crippen molar-refractivity contribution in [3.63, 3.8) is 0 Å². The maximum Gasteiger partial charge on any atom is 0.230 e. The summed E-state index contributed by atoms with van der Waals surface area (Å²) < 4.78 is 1.99. The molecule has 0 aliphatic carbocycles. The third-order valence-electron chi connectivity index (χ3n) is 4.03. The number of amides is 1. The summed E-state index contributed by atoms with van der Waals surface area (Å²) in [6.07, 6.45) is 3.46. The van der Waals surface area contributed by atoms with E-state index in [1.54, 1.807) is 12.4 Å². The maximum atomic E-state index is 11.8. The van der Waals surface area contributed by atoms with Crippen LogP contribution in [-0.2, 0) is 4.79 Å². The molecule has 134 valence electrons. The van der Waals surface area contributed by atoms with Crippen molar-refractivity contribution in [2.24, 2.45) is 0 Å². The lowest BCUT2D eigenvalue weighted by Gasteiger charge is -2.12. The van der Waals surface area contributed by atoms with E-state index in [0.29, 0.717) is 17.5 Å². The zero-order chi connectivity index (χ0) is 18.5. The SMILES string of the molecule is CCNC(=O)CSc1nnc(-c2ccncc2)n1-c1ccc(C)c(C)c1. The van der Waals surface area contributed by atoms with Crippen LogP contribution in [0.4, 0.5) is 0 Å². The smallest absolute Gasteiger partial charge is 0.230 e. The Morgan fingerprint density at radius 1 is 1.12 bits per heavy atom. The highest BCUT2D eigenvalue weighted by Crippen LogP contribution is 2.28. The highest BCUT2D eigenvalue weighted by Gasteiger charge is 2.17. The van der Waals surface area contributed by atoms with Crippen LogP contribution in [0.2, 0.25) is 0 Å². The van der Waals surface area contributed by atoms with Gasteiger partial charge >= 0.3 is 0 Å². The number of nitrogens with one attached hydrogen (secondary N) is 1. The average molecular weight is 367 g/mol. The molecule has 26 heavy (non-hydrogen) atoms. The van der Waals surface area contributed by atoms with Crippen LogP contribution in [0.25, 0.3) is 17.1 Å². The molecule has 0 saturated heterocycles. The molecule has 1 aromatic carbocycles. The van der Waals surface area contributed by atoms with E-state index in [1.807, 2.05) is 29.7 Å². The Morgan fingerprint density at radius 3 is 2.58 bits per heavy atom. The number of hydrogen-bond donors (Lipinski definition) is 1. The first-order chi connectivity index (χ1) is 12.6. The third-order valence-corrected chi connectivity index (χ3v) is 4.96. The van der Waals surface area contributed by atoms with Crippen molar-refractivity contribution >= 4 is 17.7 Å². The number of nitrogens with zero attached hydrogens (tertiary/aromatic N) is 4. The summed E-state index contributed by atoms with van der Waals surface area (Å²) >= 11 is 1.38. The van der Waals surface area contributed by atoms with Gasteiger partial charge in [-0.3, -0.25) is 14.3 Å². The highest BCUT2D eigenvalue weighted by atomic mass is 32.2. The van der Waals surface area contributed by atoms with Gasteiger partial charge in [-0.2, -0.15) is 0 Å². The predicted octanol–water partition coefficient (Wildman–Crippen LogP) is 3.17. The second-order valence-corrected chi connectivity index (χ2v) is 6.83. The minimum atomic E-state index is -0.0161. The normalized spacial score (nSPS) is 10.7. The fraction of sp³-hybridized carbons (Fsp3) is 0.263. The lowest BCUT2D eigenvalue weighted by atomic mass is 10.1. The fourth-order valence-corrected chi connectivity index (χ4v) is 3.31. The second kappa shape index (κ2) is 8.14. The predicted molar refractivity (Wildman–Crippen MR) is 103 cm³/mol. The van der Waals surface area contributed by atoms with E-state index < -0.39 is 0 Å². The molecule has 3 aromatic rings. The van der Waals surface area contributed by atoms with Crippen molar-refractivity contribution < 1.29 is 4.79 Å². The van der Waals surface area contributed by atoms with Crippen LogP contribution in [0, 0.1) is 13.8 Å². The molecule has 0 unspecified atom stereocenters. The van der Waals surface area contributed by atoms with Gasteiger partial charge in [-0.1, -0.05) is 17.8 Å². The molecule has 1 N–H and O–H groups in total. The van der Waals surface area contributed by atoms with E-state index in [1.165, 1.54) is 22.9 Å². The molecular formula is C19H21N5OS. The van der Waals surface area contributed by atoms with Crippen LogP contribution in [-0.4, -0.2) is 38.0 Å². The van der Waals surface area contributed by atoms with Gasteiger partial charge in [-0.05, 0) is 56.2 Å². The topological polar surface area (TPSA) is 72.7 Å². The minimum absolute atomic E-state index is 0.0161. The zero-order valence-corrected chi connectivity index (χ0v) is 15.9. The lowest BCUT2D eigenvalue weighted by Crippen LogP contribution is -2.24. The molecule has 7 heteroatoms. The number of benzene rings is 1. The van der Waals surface area contributed by atoms with Gasteiger partial charge in [0.15, 0.2) is 11.0 Å². The number of rotatable bonds is 6. The Bertz CT molecular complexity index is 908. The molecule has 3 rings (SSSR count). The first-order valence-electron chi connectivity index (χ1n) is 8.43. The van der Waals surface area contributed by atoms with Gasteiger partial charge in [0.25, 0.3) is 0 Å². The van der Waals surface area contributed by atoms with Crippen LogP contribution in [0.1, 0.15) is 18.1 Å². The number of aryl methyl sites for hydroxylation is 2. The lowest BCUT2D eigenvalue weighted by molar-refractivity contribution is -0.118.